The van der Waals surface area contributed by atoms with Gasteiger partial charge in [-0.3, -0.25) is 9.88 Å². The number of anilines is 1. The van der Waals surface area contributed by atoms with Gasteiger partial charge >= 0.3 is 0 Å². The van der Waals surface area contributed by atoms with Crippen LogP contribution in [0.2, 0.25) is 0 Å². The van der Waals surface area contributed by atoms with E-state index >= 15 is 0 Å². The molecule has 0 bridgehead atoms. The van der Waals surface area contributed by atoms with Gasteiger partial charge in [-0.25, -0.2) is 0 Å². The van der Waals surface area contributed by atoms with E-state index in [1.54, 1.807) is 0 Å². The van der Waals surface area contributed by atoms with Gasteiger partial charge in [0.05, 0.1) is 5.69 Å². The first-order valence-electron chi connectivity index (χ1n) is 7.62. The SMILES string of the molecule is CCNc1ccnc(CN(CCC(C)C)C2CC2)c1. The molecule has 0 spiro atoms. The Kier molecular flexibility index (Phi) is 5.20. The van der Waals surface area contributed by atoms with Crippen LogP contribution in [0.4, 0.5) is 5.69 Å². The maximum atomic E-state index is 4.52. The molecule has 1 N–H and O–H groups in total. The van der Waals surface area contributed by atoms with E-state index in [2.05, 4.69) is 42.0 Å². The molecular formula is C16H27N3. The third-order valence-electron chi connectivity index (χ3n) is 3.62. The molecular weight excluding hydrogens is 234 g/mol. The molecule has 1 aromatic heterocycles. The van der Waals surface area contributed by atoms with Crippen molar-refractivity contribution in [2.24, 2.45) is 5.92 Å². The zero-order chi connectivity index (χ0) is 13.7. The van der Waals surface area contributed by atoms with Crippen molar-refractivity contribution >= 4 is 5.69 Å². The number of nitrogens with zero attached hydrogens (tertiary/aromatic N) is 2. The van der Waals surface area contributed by atoms with Gasteiger partial charge in [-0.2, -0.15) is 0 Å². The molecule has 1 saturated carbocycles. The number of hydrogen-bond donors (Lipinski definition) is 1. The Morgan fingerprint density at radius 3 is 2.84 bits per heavy atom. The van der Waals surface area contributed by atoms with Crippen LogP contribution < -0.4 is 5.32 Å². The van der Waals surface area contributed by atoms with Gasteiger partial charge in [-0.05, 0) is 50.8 Å². The monoisotopic (exact) mass is 261 g/mol. The van der Waals surface area contributed by atoms with E-state index in [0.29, 0.717) is 0 Å². The van der Waals surface area contributed by atoms with Crippen molar-refractivity contribution < 1.29 is 0 Å². The second-order valence-electron chi connectivity index (χ2n) is 5.95. The molecule has 0 radical (unpaired) electrons. The first kappa shape index (κ1) is 14.3. The lowest BCUT2D eigenvalue weighted by Gasteiger charge is -2.22. The first-order valence-corrected chi connectivity index (χ1v) is 7.62. The Balaban J connectivity index is 1.94. The molecule has 0 unspecified atom stereocenters. The van der Waals surface area contributed by atoms with Crippen molar-refractivity contribution in [3.63, 3.8) is 0 Å². The average molecular weight is 261 g/mol. The largest absolute Gasteiger partial charge is 0.385 e. The number of rotatable bonds is 8. The highest BCUT2D eigenvalue weighted by atomic mass is 15.2. The fourth-order valence-corrected chi connectivity index (χ4v) is 2.34. The highest BCUT2D eigenvalue weighted by Gasteiger charge is 2.28. The molecule has 0 saturated heterocycles. The summed E-state index contributed by atoms with van der Waals surface area (Å²) in [6.07, 6.45) is 5.93. The van der Waals surface area contributed by atoms with Crippen molar-refractivity contribution in [2.75, 3.05) is 18.4 Å². The summed E-state index contributed by atoms with van der Waals surface area (Å²) in [7, 11) is 0. The van der Waals surface area contributed by atoms with Crippen molar-refractivity contribution in [3.8, 4) is 0 Å². The summed E-state index contributed by atoms with van der Waals surface area (Å²) in [6, 6.07) is 5.04. The van der Waals surface area contributed by atoms with E-state index in [0.717, 1.165) is 25.0 Å². The third-order valence-corrected chi connectivity index (χ3v) is 3.62. The van der Waals surface area contributed by atoms with Crippen molar-refractivity contribution in [1.29, 1.82) is 0 Å². The minimum absolute atomic E-state index is 0.780. The Hall–Kier alpha value is -1.09. The summed E-state index contributed by atoms with van der Waals surface area (Å²) in [6.45, 7) is 9.89. The number of nitrogens with one attached hydrogen (secondary N) is 1. The fraction of sp³-hybridized carbons (Fsp3) is 0.688. The number of pyridine rings is 1. The molecule has 0 aromatic carbocycles. The molecule has 1 heterocycles. The summed E-state index contributed by atoms with van der Waals surface area (Å²) in [5.74, 6) is 0.780. The number of hydrogen-bond acceptors (Lipinski definition) is 3. The van der Waals surface area contributed by atoms with Gasteiger partial charge in [0.2, 0.25) is 0 Å². The maximum absolute atomic E-state index is 4.52. The zero-order valence-corrected chi connectivity index (χ0v) is 12.5. The van der Waals surface area contributed by atoms with Crippen LogP contribution in [0.3, 0.4) is 0 Å². The standard InChI is InChI=1S/C16H27N3/c1-4-17-14-7-9-18-15(11-14)12-19(16-5-6-16)10-8-13(2)3/h7,9,11,13,16H,4-6,8,10,12H2,1-3H3,(H,17,18). The minimum Gasteiger partial charge on any atom is -0.385 e. The lowest BCUT2D eigenvalue weighted by molar-refractivity contribution is 0.237. The van der Waals surface area contributed by atoms with E-state index in [1.165, 1.54) is 37.2 Å². The minimum atomic E-state index is 0.780. The van der Waals surface area contributed by atoms with Crippen molar-refractivity contribution in [2.45, 2.75) is 52.6 Å². The van der Waals surface area contributed by atoms with Crippen LogP contribution in [0.1, 0.15) is 45.7 Å². The second-order valence-corrected chi connectivity index (χ2v) is 5.95. The van der Waals surface area contributed by atoms with Gasteiger partial charge in [0, 0.05) is 31.0 Å². The van der Waals surface area contributed by atoms with Gasteiger partial charge in [-0.1, -0.05) is 13.8 Å². The Labute approximate surface area is 117 Å². The summed E-state index contributed by atoms with van der Waals surface area (Å²) in [5, 5.41) is 3.36. The van der Waals surface area contributed by atoms with Gasteiger partial charge in [0.15, 0.2) is 0 Å². The fourth-order valence-electron chi connectivity index (χ4n) is 2.34. The molecule has 1 aromatic rings. The third kappa shape index (κ3) is 4.83. The molecule has 1 aliphatic rings. The van der Waals surface area contributed by atoms with Gasteiger partial charge in [0.1, 0.15) is 0 Å². The average Bonchev–Trinajstić information content (AvgIpc) is 3.19. The highest BCUT2D eigenvalue weighted by molar-refractivity contribution is 5.42. The zero-order valence-electron chi connectivity index (χ0n) is 12.5. The second kappa shape index (κ2) is 6.90. The van der Waals surface area contributed by atoms with E-state index < -0.39 is 0 Å². The first-order chi connectivity index (χ1) is 9.19. The molecule has 1 fully saturated rings. The van der Waals surface area contributed by atoms with Crippen LogP contribution in [0, 0.1) is 5.92 Å². The van der Waals surface area contributed by atoms with E-state index in [9.17, 15) is 0 Å². The van der Waals surface area contributed by atoms with Crippen LogP contribution in [0.5, 0.6) is 0 Å². The van der Waals surface area contributed by atoms with Gasteiger partial charge < -0.3 is 5.32 Å². The molecule has 2 rings (SSSR count). The Morgan fingerprint density at radius 2 is 2.21 bits per heavy atom. The molecule has 3 heteroatoms. The molecule has 1 aliphatic carbocycles. The highest BCUT2D eigenvalue weighted by Crippen LogP contribution is 2.28. The molecule has 19 heavy (non-hydrogen) atoms. The topological polar surface area (TPSA) is 28.2 Å². The Bertz CT molecular complexity index is 385. The summed E-state index contributed by atoms with van der Waals surface area (Å²) in [5.41, 5.74) is 2.38. The quantitative estimate of drug-likeness (QED) is 0.776. The summed E-state index contributed by atoms with van der Waals surface area (Å²) < 4.78 is 0. The van der Waals surface area contributed by atoms with Gasteiger partial charge in [-0.15, -0.1) is 0 Å². The Morgan fingerprint density at radius 1 is 1.42 bits per heavy atom. The van der Waals surface area contributed by atoms with Crippen molar-refractivity contribution in [3.05, 3.63) is 24.0 Å². The molecule has 0 atom stereocenters. The molecule has 3 nitrogen and oxygen atoms in total. The van der Waals surface area contributed by atoms with Gasteiger partial charge in [0.25, 0.3) is 0 Å². The number of aromatic nitrogens is 1. The van der Waals surface area contributed by atoms with Crippen molar-refractivity contribution in [1.82, 2.24) is 9.88 Å². The predicted molar refractivity (Wildman–Crippen MR) is 81.3 cm³/mol. The van der Waals surface area contributed by atoms with Crippen LogP contribution in [0.15, 0.2) is 18.3 Å². The lowest BCUT2D eigenvalue weighted by atomic mass is 10.1. The predicted octanol–water partition coefficient (Wildman–Crippen LogP) is 3.52. The molecule has 106 valence electrons. The van der Waals surface area contributed by atoms with E-state index in [1.807, 2.05) is 12.3 Å². The van der Waals surface area contributed by atoms with Crippen LogP contribution in [-0.4, -0.2) is 29.0 Å². The van der Waals surface area contributed by atoms with Crippen LogP contribution >= 0.6 is 0 Å². The summed E-state index contributed by atoms with van der Waals surface area (Å²) in [4.78, 5) is 7.13. The van der Waals surface area contributed by atoms with E-state index in [4.69, 9.17) is 0 Å². The normalized spacial score (nSPS) is 15.2. The molecule has 0 aliphatic heterocycles. The summed E-state index contributed by atoms with van der Waals surface area (Å²) >= 11 is 0. The molecule has 0 amide bonds. The smallest absolute Gasteiger partial charge is 0.0564 e. The van der Waals surface area contributed by atoms with Crippen LogP contribution in [0.25, 0.3) is 0 Å². The maximum Gasteiger partial charge on any atom is 0.0564 e. The van der Waals surface area contributed by atoms with Crippen LogP contribution in [-0.2, 0) is 6.54 Å². The van der Waals surface area contributed by atoms with E-state index in [-0.39, 0.29) is 0 Å². The lowest BCUT2D eigenvalue weighted by Crippen LogP contribution is -2.28.